The molecule has 0 unspecified atom stereocenters. The summed E-state index contributed by atoms with van der Waals surface area (Å²) in [5, 5.41) is 0. The SMILES string of the molecule is COC(=O)c1cc(=O)n(Cc2ccccc2)s1. The lowest BCUT2D eigenvalue weighted by molar-refractivity contribution is 0.0606. The van der Waals surface area contributed by atoms with Gasteiger partial charge in [0.1, 0.15) is 4.88 Å². The lowest BCUT2D eigenvalue weighted by Crippen LogP contribution is -2.12. The van der Waals surface area contributed by atoms with Gasteiger partial charge in [-0.25, -0.2) is 4.79 Å². The molecule has 2 aromatic rings. The second kappa shape index (κ2) is 4.97. The topological polar surface area (TPSA) is 48.3 Å². The lowest BCUT2D eigenvalue weighted by Gasteiger charge is -2.00. The molecule has 0 saturated heterocycles. The summed E-state index contributed by atoms with van der Waals surface area (Å²) in [4.78, 5) is 23.2. The fourth-order valence-corrected chi connectivity index (χ4v) is 2.34. The van der Waals surface area contributed by atoms with E-state index in [-0.39, 0.29) is 5.56 Å². The van der Waals surface area contributed by atoms with Gasteiger partial charge in [-0.1, -0.05) is 30.3 Å². The van der Waals surface area contributed by atoms with Gasteiger partial charge in [0.25, 0.3) is 5.56 Å². The Morgan fingerprint density at radius 2 is 2.06 bits per heavy atom. The van der Waals surface area contributed by atoms with Crippen molar-refractivity contribution in [1.82, 2.24) is 3.96 Å². The fraction of sp³-hybridized carbons (Fsp3) is 0.167. The number of nitrogens with zero attached hydrogens (tertiary/aromatic N) is 1. The molecule has 0 amide bonds. The Bertz CT molecular complexity index is 571. The lowest BCUT2D eigenvalue weighted by atomic mass is 10.2. The molecule has 0 bridgehead atoms. The van der Waals surface area contributed by atoms with Gasteiger partial charge in [0.05, 0.1) is 13.7 Å². The van der Waals surface area contributed by atoms with Gasteiger partial charge < -0.3 is 4.74 Å². The number of benzene rings is 1. The molecule has 0 aliphatic heterocycles. The number of carbonyl (C=O) groups is 1. The van der Waals surface area contributed by atoms with Crippen LogP contribution in [-0.4, -0.2) is 17.0 Å². The first-order valence-corrected chi connectivity index (χ1v) is 5.81. The third kappa shape index (κ3) is 2.62. The van der Waals surface area contributed by atoms with E-state index in [0.717, 1.165) is 17.1 Å². The predicted octanol–water partition coefficient (Wildman–Crippen LogP) is 1.74. The molecule has 1 aromatic carbocycles. The van der Waals surface area contributed by atoms with Crippen molar-refractivity contribution in [2.75, 3.05) is 7.11 Å². The molecule has 0 aliphatic carbocycles. The van der Waals surface area contributed by atoms with Crippen LogP contribution in [-0.2, 0) is 11.3 Å². The molecule has 4 nitrogen and oxygen atoms in total. The van der Waals surface area contributed by atoms with Crippen molar-refractivity contribution in [3.05, 3.63) is 57.2 Å². The summed E-state index contributed by atoms with van der Waals surface area (Å²) in [6.07, 6.45) is 0. The van der Waals surface area contributed by atoms with Gasteiger partial charge in [-0.3, -0.25) is 8.75 Å². The summed E-state index contributed by atoms with van der Waals surface area (Å²) in [6.45, 7) is 0.474. The molecule has 1 aromatic heterocycles. The Balaban J connectivity index is 2.26. The van der Waals surface area contributed by atoms with Gasteiger partial charge in [-0.05, 0) is 17.1 Å². The third-order valence-electron chi connectivity index (χ3n) is 2.26. The fourth-order valence-electron chi connectivity index (χ4n) is 1.43. The molecular formula is C12H11NO3S. The summed E-state index contributed by atoms with van der Waals surface area (Å²) in [5.41, 5.74) is 0.840. The monoisotopic (exact) mass is 249 g/mol. The predicted molar refractivity (Wildman–Crippen MR) is 65.5 cm³/mol. The van der Waals surface area contributed by atoms with Gasteiger partial charge in [-0.15, -0.1) is 0 Å². The van der Waals surface area contributed by atoms with Crippen LogP contribution >= 0.6 is 11.5 Å². The molecule has 0 spiro atoms. The van der Waals surface area contributed by atoms with Gasteiger partial charge in [0.15, 0.2) is 0 Å². The molecule has 0 aliphatic rings. The molecule has 0 radical (unpaired) electrons. The third-order valence-corrected chi connectivity index (χ3v) is 3.28. The zero-order valence-electron chi connectivity index (χ0n) is 9.25. The highest BCUT2D eigenvalue weighted by atomic mass is 32.1. The van der Waals surface area contributed by atoms with Crippen LogP contribution in [0.2, 0.25) is 0 Å². The highest BCUT2D eigenvalue weighted by Gasteiger charge is 2.12. The van der Waals surface area contributed by atoms with Gasteiger partial charge in [0, 0.05) is 6.07 Å². The van der Waals surface area contributed by atoms with Crippen molar-refractivity contribution in [1.29, 1.82) is 0 Å². The minimum atomic E-state index is -0.473. The normalized spacial score (nSPS) is 10.2. The molecule has 5 heteroatoms. The van der Waals surface area contributed by atoms with E-state index in [1.807, 2.05) is 30.3 Å². The molecule has 0 atom stereocenters. The molecule has 1 heterocycles. The maximum absolute atomic E-state index is 11.6. The maximum Gasteiger partial charge on any atom is 0.349 e. The minimum Gasteiger partial charge on any atom is -0.465 e. The molecule has 17 heavy (non-hydrogen) atoms. The zero-order chi connectivity index (χ0) is 12.3. The number of ether oxygens (including phenoxy) is 1. The Morgan fingerprint density at radius 1 is 1.35 bits per heavy atom. The van der Waals surface area contributed by atoms with E-state index in [9.17, 15) is 9.59 Å². The van der Waals surface area contributed by atoms with E-state index in [1.54, 1.807) is 0 Å². The molecule has 0 saturated carbocycles. The van der Waals surface area contributed by atoms with E-state index in [4.69, 9.17) is 0 Å². The number of aromatic nitrogens is 1. The quantitative estimate of drug-likeness (QED) is 0.778. The molecule has 2 rings (SSSR count). The van der Waals surface area contributed by atoms with Gasteiger partial charge in [-0.2, -0.15) is 0 Å². The van der Waals surface area contributed by atoms with Crippen LogP contribution in [0.25, 0.3) is 0 Å². The highest BCUT2D eigenvalue weighted by molar-refractivity contribution is 7.08. The summed E-state index contributed by atoms with van der Waals surface area (Å²) >= 11 is 1.12. The Hall–Kier alpha value is -1.88. The van der Waals surface area contributed by atoms with Crippen LogP contribution in [0.4, 0.5) is 0 Å². The van der Waals surface area contributed by atoms with E-state index in [0.29, 0.717) is 11.4 Å². The first kappa shape index (κ1) is 11.6. The second-order valence-electron chi connectivity index (χ2n) is 3.45. The summed E-state index contributed by atoms with van der Waals surface area (Å²) in [7, 11) is 1.30. The average Bonchev–Trinajstić information content (AvgIpc) is 2.71. The standard InChI is InChI=1S/C12H11NO3S/c1-16-12(15)10-7-11(14)13(17-10)8-9-5-3-2-4-6-9/h2-7H,8H2,1H3. The largest absolute Gasteiger partial charge is 0.465 e. The van der Waals surface area contributed by atoms with Crippen LogP contribution in [0.3, 0.4) is 0 Å². The summed E-state index contributed by atoms with van der Waals surface area (Å²) in [6, 6.07) is 10.9. The van der Waals surface area contributed by atoms with Crippen molar-refractivity contribution >= 4 is 17.5 Å². The second-order valence-corrected chi connectivity index (χ2v) is 4.52. The van der Waals surface area contributed by atoms with Crippen molar-refractivity contribution in [3.63, 3.8) is 0 Å². The maximum atomic E-state index is 11.6. The van der Waals surface area contributed by atoms with Crippen LogP contribution < -0.4 is 5.56 Å². The molecule has 0 fully saturated rings. The number of hydrogen-bond acceptors (Lipinski definition) is 4. The number of rotatable bonds is 3. The number of esters is 1. The van der Waals surface area contributed by atoms with E-state index < -0.39 is 5.97 Å². The van der Waals surface area contributed by atoms with Crippen molar-refractivity contribution in [3.8, 4) is 0 Å². The van der Waals surface area contributed by atoms with E-state index in [1.165, 1.54) is 17.1 Å². The molecule has 0 N–H and O–H groups in total. The Kier molecular flexibility index (Phi) is 3.39. The van der Waals surface area contributed by atoms with Crippen LogP contribution in [0.15, 0.2) is 41.2 Å². The Labute approximate surface area is 102 Å². The first-order chi connectivity index (χ1) is 8.20. The van der Waals surface area contributed by atoms with Crippen molar-refractivity contribution in [2.24, 2.45) is 0 Å². The van der Waals surface area contributed by atoms with Gasteiger partial charge in [0.2, 0.25) is 0 Å². The Morgan fingerprint density at radius 3 is 2.71 bits per heavy atom. The van der Waals surface area contributed by atoms with Crippen LogP contribution in [0.5, 0.6) is 0 Å². The highest BCUT2D eigenvalue weighted by Crippen LogP contribution is 2.09. The van der Waals surface area contributed by atoms with Crippen LogP contribution in [0, 0.1) is 0 Å². The molecular weight excluding hydrogens is 238 g/mol. The molecule has 88 valence electrons. The van der Waals surface area contributed by atoms with E-state index >= 15 is 0 Å². The number of hydrogen-bond donors (Lipinski definition) is 0. The van der Waals surface area contributed by atoms with Gasteiger partial charge >= 0.3 is 5.97 Å². The smallest absolute Gasteiger partial charge is 0.349 e. The van der Waals surface area contributed by atoms with Crippen LogP contribution in [0.1, 0.15) is 15.2 Å². The van der Waals surface area contributed by atoms with E-state index in [2.05, 4.69) is 4.74 Å². The summed E-state index contributed by atoms with van der Waals surface area (Å²) < 4.78 is 6.10. The van der Waals surface area contributed by atoms with Crippen molar-refractivity contribution in [2.45, 2.75) is 6.54 Å². The zero-order valence-corrected chi connectivity index (χ0v) is 10.1. The summed E-state index contributed by atoms with van der Waals surface area (Å²) in [5.74, 6) is -0.473. The average molecular weight is 249 g/mol. The number of carbonyl (C=O) groups excluding carboxylic acids is 1. The number of methoxy groups -OCH3 is 1. The minimum absolute atomic E-state index is 0.181. The first-order valence-electron chi connectivity index (χ1n) is 5.04. The van der Waals surface area contributed by atoms with Crippen molar-refractivity contribution < 1.29 is 9.53 Å².